The van der Waals surface area contributed by atoms with Gasteiger partial charge < -0.3 is 90.9 Å². The lowest BCUT2D eigenvalue weighted by atomic mass is 10.00. The molecule has 4 aromatic rings. The maximum Gasteiger partial charge on any atom is 0.326 e. The first kappa shape index (κ1) is 72.0. The van der Waals surface area contributed by atoms with Gasteiger partial charge in [0.25, 0.3) is 0 Å². The molecular formula is C60H88N14O13S. The fourth-order valence-electron chi connectivity index (χ4n) is 9.39. The van der Waals surface area contributed by atoms with Crippen molar-refractivity contribution in [3.05, 3.63) is 95.7 Å². The number of rotatable bonds is 37. The van der Waals surface area contributed by atoms with Crippen molar-refractivity contribution in [2.75, 3.05) is 25.1 Å². The van der Waals surface area contributed by atoms with Gasteiger partial charge in [0.15, 0.2) is 5.96 Å². The van der Waals surface area contributed by atoms with Gasteiger partial charge in [-0.05, 0) is 129 Å². The van der Waals surface area contributed by atoms with E-state index in [9.17, 15) is 63.6 Å². The summed E-state index contributed by atoms with van der Waals surface area (Å²) in [4.78, 5) is 133. The Morgan fingerprint density at radius 1 is 0.545 bits per heavy atom. The summed E-state index contributed by atoms with van der Waals surface area (Å²) in [5.41, 5.74) is 25.6. The van der Waals surface area contributed by atoms with Crippen LogP contribution in [0.4, 0.5) is 0 Å². The number of nitrogens with one attached hydrogen (secondary N) is 9. The summed E-state index contributed by atoms with van der Waals surface area (Å²) in [6, 6.07) is 6.67. The first-order chi connectivity index (χ1) is 41.7. The Hall–Kier alpha value is -8.47. The zero-order valence-corrected chi connectivity index (χ0v) is 51.4. The number of para-hydroxylation sites is 1. The van der Waals surface area contributed by atoms with Crippen molar-refractivity contribution in [2.24, 2.45) is 39.8 Å². The number of hydrogen-bond acceptors (Lipinski definition) is 16. The van der Waals surface area contributed by atoms with Crippen LogP contribution in [0.5, 0.6) is 11.5 Å². The van der Waals surface area contributed by atoms with Crippen LogP contribution in [-0.2, 0) is 62.4 Å². The van der Waals surface area contributed by atoms with Gasteiger partial charge in [-0.15, -0.1) is 0 Å². The summed E-state index contributed by atoms with van der Waals surface area (Å²) in [7, 11) is 0. The van der Waals surface area contributed by atoms with Crippen molar-refractivity contribution in [3.63, 3.8) is 0 Å². The van der Waals surface area contributed by atoms with Crippen molar-refractivity contribution < 1.29 is 63.6 Å². The van der Waals surface area contributed by atoms with Crippen molar-refractivity contribution in [1.29, 1.82) is 0 Å². The molecule has 0 saturated heterocycles. The van der Waals surface area contributed by atoms with Crippen molar-refractivity contribution in [3.8, 4) is 11.5 Å². The Kier molecular flexibility index (Phi) is 29.4. The predicted molar refractivity (Wildman–Crippen MR) is 334 cm³/mol. The molecule has 0 bridgehead atoms. The number of nitrogens with two attached hydrogens (primary N) is 4. The number of carboxylic acid groups (broad SMARTS) is 1. The highest BCUT2D eigenvalue weighted by Crippen LogP contribution is 2.21. The fraction of sp³-hybridized carbons (Fsp3) is 0.500. The number of aromatic amines is 1. The van der Waals surface area contributed by atoms with Gasteiger partial charge in [-0.25, -0.2) is 4.79 Å². The molecule has 482 valence electrons. The molecule has 4 rings (SSSR count). The zero-order valence-electron chi connectivity index (χ0n) is 50.5. The molecular weight excluding hydrogens is 1160 g/mol. The third kappa shape index (κ3) is 23.3. The molecule has 0 aliphatic heterocycles. The van der Waals surface area contributed by atoms with Gasteiger partial charge in [0, 0.05) is 36.5 Å². The molecule has 3 aromatic carbocycles. The van der Waals surface area contributed by atoms with E-state index >= 15 is 0 Å². The molecule has 21 N–H and O–H groups in total. The maximum absolute atomic E-state index is 14.9. The average molecular weight is 1250 g/mol. The van der Waals surface area contributed by atoms with Crippen LogP contribution in [0.15, 0.2) is 84.0 Å². The number of hydrogen-bond donors (Lipinski definition) is 17. The highest BCUT2D eigenvalue weighted by molar-refractivity contribution is 7.98. The number of guanidine groups is 1. The average Bonchev–Trinajstić information content (AvgIpc) is 2.61. The number of H-pyrrole nitrogens is 1. The number of carbonyl (C=O) groups excluding carboxylic acids is 8. The Balaban J connectivity index is 1.65. The minimum atomic E-state index is -1.71. The van der Waals surface area contributed by atoms with Crippen LogP contribution in [-0.4, -0.2) is 170 Å². The van der Waals surface area contributed by atoms with Gasteiger partial charge in [-0.1, -0.05) is 70.2 Å². The zero-order chi connectivity index (χ0) is 65.2. The largest absolute Gasteiger partial charge is 0.508 e. The minimum Gasteiger partial charge on any atom is -0.508 e. The summed E-state index contributed by atoms with van der Waals surface area (Å²) in [5, 5.41) is 62.5. The number of amides is 8. The smallest absolute Gasteiger partial charge is 0.326 e. The Morgan fingerprint density at radius 3 is 1.53 bits per heavy atom. The van der Waals surface area contributed by atoms with Crippen LogP contribution in [0, 0.1) is 11.8 Å². The second-order valence-electron chi connectivity index (χ2n) is 22.3. The highest BCUT2D eigenvalue weighted by Gasteiger charge is 2.37. The highest BCUT2D eigenvalue weighted by atomic mass is 32.2. The van der Waals surface area contributed by atoms with E-state index in [0.29, 0.717) is 39.8 Å². The number of aliphatic carboxylic acids is 1. The van der Waals surface area contributed by atoms with Crippen LogP contribution >= 0.6 is 11.8 Å². The van der Waals surface area contributed by atoms with Crippen LogP contribution < -0.4 is 65.5 Å². The number of carboxylic acids is 1. The normalized spacial score (nSPS) is 14.7. The summed E-state index contributed by atoms with van der Waals surface area (Å²) < 4.78 is 0. The number of aliphatic hydroxyl groups is 1. The van der Waals surface area contributed by atoms with E-state index in [1.165, 1.54) is 55.1 Å². The number of thioether (sulfide) groups is 1. The number of carbonyl (C=O) groups is 9. The van der Waals surface area contributed by atoms with E-state index < -0.39 is 126 Å². The molecule has 0 fully saturated rings. The third-order valence-corrected chi connectivity index (χ3v) is 15.1. The number of aromatic hydroxyl groups is 2. The number of aliphatic imine (C=N–C) groups is 1. The lowest BCUT2D eigenvalue weighted by Gasteiger charge is -2.29. The van der Waals surface area contributed by atoms with E-state index in [4.69, 9.17) is 22.9 Å². The summed E-state index contributed by atoms with van der Waals surface area (Å²) >= 11 is 1.37. The molecule has 8 amide bonds. The molecule has 1 heterocycles. The third-order valence-electron chi connectivity index (χ3n) is 14.4. The molecule has 28 heteroatoms. The van der Waals surface area contributed by atoms with E-state index in [2.05, 4.69) is 52.5 Å². The first-order valence-corrected chi connectivity index (χ1v) is 30.6. The Bertz CT molecular complexity index is 2990. The summed E-state index contributed by atoms with van der Waals surface area (Å²) in [6.07, 6.45) is 2.22. The van der Waals surface area contributed by atoms with Gasteiger partial charge in [0.05, 0.1) is 12.1 Å². The van der Waals surface area contributed by atoms with Gasteiger partial charge in [-0.3, -0.25) is 43.3 Å². The molecule has 0 aliphatic rings. The summed E-state index contributed by atoms with van der Waals surface area (Å²) in [6.45, 7) is 8.00. The van der Waals surface area contributed by atoms with Crippen LogP contribution in [0.2, 0.25) is 0 Å². The molecule has 0 aliphatic carbocycles. The van der Waals surface area contributed by atoms with Crippen LogP contribution in [0.25, 0.3) is 10.9 Å². The minimum absolute atomic E-state index is 0.00713. The van der Waals surface area contributed by atoms with E-state index in [-0.39, 0.29) is 81.9 Å². The molecule has 0 spiro atoms. The van der Waals surface area contributed by atoms with E-state index in [0.717, 1.165) is 0 Å². The van der Waals surface area contributed by atoms with Gasteiger partial charge in [0.1, 0.15) is 59.8 Å². The summed E-state index contributed by atoms with van der Waals surface area (Å²) in [5.74, 6) is -9.06. The molecule has 27 nitrogen and oxygen atoms in total. The maximum atomic E-state index is 14.9. The fourth-order valence-corrected chi connectivity index (χ4v) is 9.86. The molecule has 0 radical (unpaired) electrons. The first-order valence-electron chi connectivity index (χ1n) is 29.2. The van der Waals surface area contributed by atoms with Gasteiger partial charge in [-0.2, -0.15) is 11.8 Å². The molecule has 88 heavy (non-hydrogen) atoms. The van der Waals surface area contributed by atoms with Gasteiger partial charge >= 0.3 is 5.97 Å². The second-order valence-corrected chi connectivity index (χ2v) is 23.2. The van der Waals surface area contributed by atoms with Gasteiger partial charge in [0.2, 0.25) is 47.3 Å². The number of phenolic OH excluding ortho intramolecular Hbond substituents is 2. The SMILES string of the molecule is CSCC[C@H](NC(=O)[C@@H](NC(=O)[C@@H](N)Cc1ccc(O)cc1)C(C)C)C(=O)N[C@H](C(=O)N[C@@H](CCCCN)C(=O)N[C@@H](Cc1c[nH]c2ccccc12)C(=O)N[C@@H](CCCN=C(N)N)C(=O)N[C@@H](Cc1ccc(O)cc1)C(=O)N[C@H](C(=O)O)C(C)C)[C@@H](C)O. The van der Waals surface area contributed by atoms with E-state index in [1.54, 1.807) is 76.5 Å². The number of nitrogens with zero attached hydrogens (tertiary/aromatic N) is 1. The monoisotopic (exact) mass is 1240 g/mol. The molecule has 0 unspecified atom stereocenters. The molecule has 0 saturated carbocycles. The lowest BCUT2D eigenvalue weighted by Crippen LogP contribution is -2.62. The van der Waals surface area contributed by atoms with Crippen molar-refractivity contribution >= 4 is 81.9 Å². The predicted octanol–water partition coefficient (Wildman–Crippen LogP) is -0.474. The van der Waals surface area contributed by atoms with Crippen molar-refractivity contribution in [1.82, 2.24) is 47.5 Å². The topological polar surface area (TPSA) is 463 Å². The van der Waals surface area contributed by atoms with Crippen LogP contribution in [0.3, 0.4) is 0 Å². The number of aromatic nitrogens is 1. The number of unbranched alkanes of at least 4 members (excludes halogenated alkanes) is 1. The standard InChI is InChI=1S/C60H88N14O13S/c1-32(2)48(72-51(78)41(62)28-35-16-20-38(76)21-17-35)57(84)69-45(24-27-88-6)54(81)74-50(34(5)75)58(85)68-43(14-9-10-25-61)52(79)71-47(30-37-31-66-42-13-8-7-12-40(37)42)55(82)67-44(15-11-26-65-60(63)64)53(80)70-46(29-36-18-22-39(77)23-19-36)56(83)73-49(33(3)4)59(86)87/h7-8,12-13,16-23,31-34,41,43-50,66,75-77H,9-11,14-15,24-30,61-62H2,1-6H3,(H,67,82)(H,68,85)(H,69,84)(H,70,80)(H,71,79)(H,72,78)(H,73,83)(H,74,81)(H,86,87)(H4,63,64,65)/t34-,41+,43+,44+,45+,46+,47+,48+,49+,50+/m1/s1. The number of benzene rings is 3. The Labute approximate surface area is 515 Å². The lowest BCUT2D eigenvalue weighted by molar-refractivity contribution is -0.143. The van der Waals surface area contributed by atoms with E-state index in [1.807, 2.05) is 0 Å². The Morgan fingerprint density at radius 2 is 1.00 bits per heavy atom. The van der Waals surface area contributed by atoms with Crippen molar-refractivity contribution in [2.45, 2.75) is 153 Å². The second kappa shape index (κ2) is 36.0. The number of aliphatic hydroxyl groups excluding tert-OH is 1. The molecule has 1 aromatic heterocycles. The van der Waals surface area contributed by atoms with Crippen LogP contribution in [0.1, 0.15) is 89.8 Å². The molecule has 10 atom stereocenters. The number of phenols is 2. The number of fused-ring (bicyclic) bond motifs is 1. The quantitative estimate of drug-likeness (QED) is 0.0154.